The van der Waals surface area contributed by atoms with Crippen molar-refractivity contribution in [3.8, 4) is 0 Å². The maximum absolute atomic E-state index is 13.4. The van der Waals surface area contributed by atoms with E-state index in [-0.39, 0.29) is 31.3 Å². The summed E-state index contributed by atoms with van der Waals surface area (Å²) in [5.74, 6) is -0.445. The molecular weight excluding hydrogens is 542 g/mol. The van der Waals surface area contributed by atoms with E-state index < -0.39 is 21.6 Å². The summed E-state index contributed by atoms with van der Waals surface area (Å²) in [6, 6.07) is 12.6. The van der Waals surface area contributed by atoms with Crippen LogP contribution in [-0.4, -0.2) is 49.5 Å². The van der Waals surface area contributed by atoms with Gasteiger partial charge in [-0.1, -0.05) is 34.1 Å². The number of nitrogens with zero attached hydrogens (tertiary/aromatic N) is 2. The molecule has 0 radical (unpaired) electrons. The predicted molar refractivity (Wildman–Crippen MR) is 149 cm³/mol. The lowest BCUT2D eigenvalue weighted by Gasteiger charge is -2.32. The zero-order valence-corrected chi connectivity index (χ0v) is 24.7. The Bertz CT molecular complexity index is 1170. The van der Waals surface area contributed by atoms with Gasteiger partial charge >= 0.3 is 0 Å². The van der Waals surface area contributed by atoms with Crippen LogP contribution in [0.4, 0.5) is 5.69 Å². The highest BCUT2D eigenvalue weighted by Gasteiger charge is 2.28. The summed E-state index contributed by atoms with van der Waals surface area (Å²) in [4.78, 5) is 27.9. The first-order valence-electron chi connectivity index (χ1n) is 12.0. The Kier molecular flexibility index (Phi) is 10.1. The molecule has 7 nitrogen and oxygen atoms in total. The number of hydrogen-bond donors (Lipinski definition) is 1. The quantitative estimate of drug-likeness (QED) is 0.431. The van der Waals surface area contributed by atoms with Gasteiger partial charge in [0.15, 0.2) is 0 Å². The van der Waals surface area contributed by atoms with E-state index in [9.17, 15) is 18.0 Å². The molecule has 0 bridgehead atoms. The van der Waals surface area contributed by atoms with Crippen LogP contribution >= 0.6 is 15.9 Å². The van der Waals surface area contributed by atoms with Gasteiger partial charge in [0.1, 0.15) is 6.04 Å². The first-order valence-corrected chi connectivity index (χ1v) is 14.6. The average molecular weight is 581 g/mol. The van der Waals surface area contributed by atoms with Gasteiger partial charge in [-0.3, -0.25) is 13.9 Å². The maximum Gasteiger partial charge on any atom is 0.242 e. The highest BCUT2D eigenvalue weighted by molar-refractivity contribution is 9.10. The lowest BCUT2D eigenvalue weighted by atomic mass is 10.1. The first kappa shape index (κ1) is 29.8. The third-order valence-electron chi connectivity index (χ3n) is 5.55. The zero-order chi connectivity index (χ0) is 27.3. The minimum absolute atomic E-state index is 0.109. The highest BCUT2D eigenvalue weighted by Crippen LogP contribution is 2.23. The molecule has 1 atom stereocenters. The molecule has 0 heterocycles. The Morgan fingerprint density at radius 1 is 1.06 bits per heavy atom. The molecule has 2 aromatic rings. The molecule has 0 aliphatic rings. The molecule has 0 aromatic heterocycles. The van der Waals surface area contributed by atoms with Crippen LogP contribution in [0, 0.1) is 13.8 Å². The van der Waals surface area contributed by atoms with E-state index in [4.69, 9.17) is 0 Å². The number of anilines is 1. The van der Waals surface area contributed by atoms with Gasteiger partial charge in [-0.15, -0.1) is 0 Å². The van der Waals surface area contributed by atoms with Crippen LogP contribution in [0.3, 0.4) is 0 Å². The molecule has 0 spiro atoms. The standard InChI is InChI=1S/C27H38BrN3O4S/c1-19-14-20(2)16-24(15-19)31(36(7,34)35)13-9-12-25(32)30(18-22-10-8-11-23(28)17-22)21(3)26(33)29-27(4,5)6/h8,10-11,14-17,21H,9,12-13,18H2,1-7H3,(H,29,33). The van der Waals surface area contributed by atoms with Crippen molar-refractivity contribution in [2.45, 2.75) is 72.5 Å². The minimum atomic E-state index is -3.53. The fourth-order valence-corrected chi connectivity index (χ4v) is 5.38. The topological polar surface area (TPSA) is 86.8 Å². The molecule has 0 saturated heterocycles. The second kappa shape index (κ2) is 12.2. The number of benzene rings is 2. The van der Waals surface area contributed by atoms with Gasteiger partial charge in [0.2, 0.25) is 21.8 Å². The summed E-state index contributed by atoms with van der Waals surface area (Å²) in [6.45, 7) is 11.7. The number of rotatable bonds is 10. The molecular formula is C27H38BrN3O4S. The molecule has 0 aliphatic heterocycles. The van der Waals surface area contributed by atoms with E-state index in [1.165, 1.54) is 10.6 Å². The Morgan fingerprint density at radius 3 is 2.19 bits per heavy atom. The van der Waals surface area contributed by atoms with Crippen molar-refractivity contribution in [1.29, 1.82) is 0 Å². The number of halogens is 1. The van der Waals surface area contributed by atoms with Crippen molar-refractivity contribution in [1.82, 2.24) is 10.2 Å². The number of hydrogen-bond acceptors (Lipinski definition) is 4. The smallest absolute Gasteiger partial charge is 0.242 e. The van der Waals surface area contributed by atoms with E-state index in [1.54, 1.807) is 11.8 Å². The largest absolute Gasteiger partial charge is 0.350 e. The van der Waals surface area contributed by atoms with Gasteiger partial charge in [0.25, 0.3) is 0 Å². The number of amides is 2. The van der Waals surface area contributed by atoms with Gasteiger partial charge in [0, 0.05) is 29.5 Å². The van der Waals surface area contributed by atoms with E-state index >= 15 is 0 Å². The third kappa shape index (κ3) is 9.24. The molecule has 0 aliphatic carbocycles. The highest BCUT2D eigenvalue weighted by atomic mass is 79.9. The number of carbonyl (C=O) groups excluding carboxylic acids is 2. The van der Waals surface area contributed by atoms with Gasteiger partial charge in [0.05, 0.1) is 11.9 Å². The maximum atomic E-state index is 13.4. The lowest BCUT2D eigenvalue weighted by Crippen LogP contribution is -2.52. The number of nitrogens with one attached hydrogen (secondary N) is 1. The minimum Gasteiger partial charge on any atom is -0.350 e. The fraction of sp³-hybridized carbons (Fsp3) is 0.481. The Balaban J connectivity index is 2.22. The second-order valence-electron chi connectivity index (χ2n) is 10.4. The van der Waals surface area contributed by atoms with Crippen LogP contribution in [0.2, 0.25) is 0 Å². The van der Waals surface area contributed by atoms with Gasteiger partial charge < -0.3 is 10.2 Å². The van der Waals surface area contributed by atoms with Crippen LogP contribution in [-0.2, 0) is 26.2 Å². The lowest BCUT2D eigenvalue weighted by molar-refractivity contribution is -0.141. The molecule has 1 N–H and O–H groups in total. The Morgan fingerprint density at radius 2 is 1.67 bits per heavy atom. The van der Waals surface area contributed by atoms with Crippen molar-refractivity contribution >= 4 is 43.5 Å². The Labute approximate surface area is 224 Å². The molecule has 198 valence electrons. The summed E-state index contributed by atoms with van der Waals surface area (Å²) < 4.78 is 27.3. The fourth-order valence-electron chi connectivity index (χ4n) is 3.99. The zero-order valence-electron chi connectivity index (χ0n) is 22.3. The van der Waals surface area contributed by atoms with Crippen LogP contribution in [0.15, 0.2) is 46.9 Å². The van der Waals surface area contributed by atoms with Crippen molar-refractivity contribution < 1.29 is 18.0 Å². The van der Waals surface area contributed by atoms with Crippen LogP contribution in [0.1, 0.15) is 57.2 Å². The van der Waals surface area contributed by atoms with Gasteiger partial charge in [-0.05, 0) is 88.9 Å². The summed E-state index contributed by atoms with van der Waals surface area (Å²) >= 11 is 3.46. The summed E-state index contributed by atoms with van der Waals surface area (Å²) in [5.41, 5.74) is 2.98. The van der Waals surface area contributed by atoms with Crippen molar-refractivity contribution in [2.75, 3.05) is 17.1 Å². The summed E-state index contributed by atoms with van der Waals surface area (Å²) in [5, 5.41) is 2.95. The van der Waals surface area contributed by atoms with Crippen molar-refractivity contribution in [3.63, 3.8) is 0 Å². The SMILES string of the molecule is Cc1cc(C)cc(N(CCCC(=O)N(Cc2cccc(Br)c2)C(C)C(=O)NC(C)(C)C)S(C)(=O)=O)c1. The van der Waals surface area contributed by atoms with Crippen molar-refractivity contribution in [3.05, 3.63) is 63.6 Å². The van der Waals surface area contributed by atoms with E-state index in [2.05, 4.69) is 21.2 Å². The van der Waals surface area contributed by atoms with E-state index in [0.29, 0.717) is 12.1 Å². The van der Waals surface area contributed by atoms with Crippen LogP contribution < -0.4 is 9.62 Å². The third-order valence-corrected chi connectivity index (χ3v) is 7.24. The molecule has 0 fully saturated rings. The molecule has 1 unspecified atom stereocenters. The molecule has 2 rings (SSSR count). The van der Waals surface area contributed by atoms with Crippen LogP contribution in [0.25, 0.3) is 0 Å². The molecule has 2 amide bonds. The van der Waals surface area contributed by atoms with Crippen LogP contribution in [0.5, 0.6) is 0 Å². The molecule has 36 heavy (non-hydrogen) atoms. The summed E-state index contributed by atoms with van der Waals surface area (Å²) in [7, 11) is -3.53. The van der Waals surface area contributed by atoms with E-state index in [1.807, 2.05) is 77.1 Å². The number of carbonyl (C=O) groups is 2. The normalized spacial score (nSPS) is 12.7. The number of sulfonamides is 1. The first-order chi connectivity index (χ1) is 16.6. The van der Waals surface area contributed by atoms with Crippen molar-refractivity contribution in [2.24, 2.45) is 0 Å². The molecule has 2 aromatic carbocycles. The molecule has 9 heteroatoms. The van der Waals surface area contributed by atoms with Gasteiger partial charge in [-0.2, -0.15) is 0 Å². The average Bonchev–Trinajstić information content (AvgIpc) is 2.71. The monoisotopic (exact) mass is 579 g/mol. The van der Waals surface area contributed by atoms with Gasteiger partial charge in [-0.25, -0.2) is 8.42 Å². The number of aryl methyl sites for hydroxylation is 2. The Hall–Kier alpha value is -2.39. The predicted octanol–water partition coefficient (Wildman–Crippen LogP) is 4.94. The molecule has 0 saturated carbocycles. The van der Waals surface area contributed by atoms with E-state index in [0.717, 1.165) is 21.2 Å². The summed E-state index contributed by atoms with van der Waals surface area (Å²) in [6.07, 6.45) is 1.60. The second-order valence-corrected chi connectivity index (χ2v) is 13.2.